The normalized spacial score (nSPS) is 20.6. The fourth-order valence-electron chi connectivity index (χ4n) is 1.59. The van der Waals surface area contributed by atoms with Crippen molar-refractivity contribution >= 4 is 16.0 Å². The maximum atomic E-state index is 11.8. The Kier molecular flexibility index (Phi) is 4.69. The van der Waals surface area contributed by atoms with E-state index in [1.54, 1.807) is 6.92 Å². The number of hydrogen-bond donors (Lipinski definition) is 2. The van der Waals surface area contributed by atoms with Gasteiger partial charge < -0.3 is 9.84 Å². The van der Waals surface area contributed by atoms with Crippen molar-refractivity contribution in [3.05, 3.63) is 0 Å². The van der Waals surface area contributed by atoms with E-state index in [0.29, 0.717) is 26.1 Å². The van der Waals surface area contributed by atoms with Gasteiger partial charge in [0.15, 0.2) is 0 Å². The summed E-state index contributed by atoms with van der Waals surface area (Å²) in [5.74, 6) is -1.14. The molecule has 2 N–H and O–H groups in total. The molecule has 1 atom stereocenters. The predicted octanol–water partition coefficient (Wildman–Crippen LogP) is -0.0520. The fraction of sp³-hybridized carbons (Fsp3) is 0.889. The molecule has 0 amide bonds. The third kappa shape index (κ3) is 3.43. The van der Waals surface area contributed by atoms with Crippen LogP contribution < -0.4 is 4.72 Å². The molecular weight excluding hydrogens is 234 g/mol. The van der Waals surface area contributed by atoms with E-state index in [1.807, 2.05) is 0 Å². The van der Waals surface area contributed by atoms with E-state index in [4.69, 9.17) is 9.84 Å². The molecular formula is C9H17NO5S. The monoisotopic (exact) mass is 251 g/mol. The van der Waals surface area contributed by atoms with Gasteiger partial charge in [-0.2, -0.15) is 0 Å². The molecule has 6 nitrogen and oxygen atoms in total. The number of nitrogens with one attached hydrogen (secondary N) is 1. The summed E-state index contributed by atoms with van der Waals surface area (Å²) in [6, 6.07) is -1.03. The highest BCUT2D eigenvalue weighted by Gasteiger charge is 2.31. The van der Waals surface area contributed by atoms with E-state index in [0.717, 1.165) is 0 Å². The second kappa shape index (κ2) is 5.60. The largest absolute Gasteiger partial charge is 0.480 e. The Morgan fingerprint density at radius 3 is 2.50 bits per heavy atom. The number of carboxylic acid groups (broad SMARTS) is 1. The maximum Gasteiger partial charge on any atom is 0.321 e. The summed E-state index contributed by atoms with van der Waals surface area (Å²) in [5.41, 5.74) is 0. The molecule has 0 bridgehead atoms. The predicted molar refractivity (Wildman–Crippen MR) is 57.6 cm³/mol. The highest BCUT2D eigenvalue weighted by Crippen LogP contribution is 2.15. The molecule has 1 aliphatic rings. The van der Waals surface area contributed by atoms with Crippen LogP contribution in [0, 0.1) is 0 Å². The van der Waals surface area contributed by atoms with Gasteiger partial charge in [0.05, 0.1) is 5.25 Å². The summed E-state index contributed by atoms with van der Waals surface area (Å²) in [6.45, 7) is 2.45. The molecule has 0 aliphatic carbocycles. The van der Waals surface area contributed by atoms with E-state index in [1.165, 1.54) is 0 Å². The molecule has 1 fully saturated rings. The average Bonchev–Trinajstić information content (AvgIpc) is 2.27. The average molecular weight is 251 g/mol. The number of rotatable bonds is 5. The molecule has 1 saturated heterocycles. The maximum absolute atomic E-state index is 11.8. The van der Waals surface area contributed by atoms with Crippen LogP contribution in [0.3, 0.4) is 0 Å². The lowest BCUT2D eigenvalue weighted by atomic mass is 10.2. The Morgan fingerprint density at radius 2 is 2.06 bits per heavy atom. The highest BCUT2D eigenvalue weighted by molar-refractivity contribution is 7.90. The number of carbonyl (C=O) groups is 1. The summed E-state index contributed by atoms with van der Waals surface area (Å²) in [7, 11) is -3.55. The van der Waals surface area contributed by atoms with E-state index in [2.05, 4.69) is 4.72 Å². The third-order valence-corrected chi connectivity index (χ3v) is 4.58. The van der Waals surface area contributed by atoms with Crippen LogP contribution in [0.15, 0.2) is 0 Å². The molecule has 0 aromatic rings. The van der Waals surface area contributed by atoms with Gasteiger partial charge in [-0.15, -0.1) is 0 Å². The van der Waals surface area contributed by atoms with E-state index >= 15 is 0 Å². The number of ether oxygens (including phenoxy) is 1. The van der Waals surface area contributed by atoms with Crippen LogP contribution >= 0.6 is 0 Å². The molecule has 1 unspecified atom stereocenters. The lowest BCUT2D eigenvalue weighted by molar-refractivity contribution is -0.139. The molecule has 94 valence electrons. The molecule has 1 rings (SSSR count). The molecule has 1 aliphatic heterocycles. The van der Waals surface area contributed by atoms with Crippen molar-refractivity contribution in [1.29, 1.82) is 0 Å². The number of aliphatic carboxylic acids is 1. The topological polar surface area (TPSA) is 92.7 Å². The molecule has 1 heterocycles. The van der Waals surface area contributed by atoms with Gasteiger partial charge in [-0.25, -0.2) is 13.1 Å². The van der Waals surface area contributed by atoms with Gasteiger partial charge in [0.1, 0.15) is 6.04 Å². The zero-order valence-corrected chi connectivity index (χ0v) is 10.00. The van der Waals surface area contributed by atoms with E-state index in [-0.39, 0.29) is 6.42 Å². The van der Waals surface area contributed by atoms with Crippen molar-refractivity contribution < 1.29 is 23.1 Å². The van der Waals surface area contributed by atoms with Crippen molar-refractivity contribution in [2.45, 2.75) is 37.5 Å². The molecule has 0 aromatic carbocycles. The van der Waals surface area contributed by atoms with Crippen LogP contribution in [0.1, 0.15) is 26.2 Å². The minimum absolute atomic E-state index is 0.234. The Hall–Kier alpha value is -0.660. The Balaban J connectivity index is 2.65. The molecule has 0 aromatic heterocycles. The Labute approximate surface area is 95.0 Å². The van der Waals surface area contributed by atoms with Gasteiger partial charge in [-0.05, 0) is 19.3 Å². The minimum atomic E-state index is -3.55. The van der Waals surface area contributed by atoms with Crippen LogP contribution in [-0.4, -0.2) is 44.0 Å². The molecule has 0 spiro atoms. The van der Waals surface area contributed by atoms with E-state index < -0.39 is 27.3 Å². The first kappa shape index (κ1) is 13.4. The zero-order valence-electron chi connectivity index (χ0n) is 9.18. The summed E-state index contributed by atoms with van der Waals surface area (Å²) < 4.78 is 31.0. The second-order valence-electron chi connectivity index (χ2n) is 3.77. The third-order valence-electron chi connectivity index (χ3n) is 2.62. The minimum Gasteiger partial charge on any atom is -0.480 e. The SMILES string of the molecule is CCC(NS(=O)(=O)C1CCOCC1)C(=O)O. The lowest BCUT2D eigenvalue weighted by Gasteiger charge is -2.24. The molecule has 7 heteroatoms. The van der Waals surface area contributed by atoms with Crippen LogP contribution in [0.5, 0.6) is 0 Å². The van der Waals surface area contributed by atoms with E-state index in [9.17, 15) is 13.2 Å². The van der Waals surface area contributed by atoms with Gasteiger partial charge in [0, 0.05) is 13.2 Å². The molecule has 0 saturated carbocycles. The Bertz CT molecular complexity index is 334. The van der Waals surface area contributed by atoms with Crippen molar-refractivity contribution in [2.75, 3.05) is 13.2 Å². The second-order valence-corrected chi connectivity index (χ2v) is 5.77. The summed E-state index contributed by atoms with van der Waals surface area (Å²) in [5, 5.41) is 8.25. The van der Waals surface area contributed by atoms with Gasteiger partial charge in [0.2, 0.25) is 10.0 Å². The van der Waals surface area contributed by atoms with Gasteiger partial charge in [0.25, 0.3) is 0 Å². The Morgan fingerprint density at radius 1 is 1.50 bits per heavy atom. The summed E-state index contributed by atoms with van der Waals surface area (Å²) >= 11 is 0. The first-order valence-electron chi connectivity index (χ1n) is 5.29. The van der Waals surface area contributed by atoms with Crippen molar-refractivity contribution in [3.63, 3.8) is 0 Å². The first-order chi connectivity index (χ1) is 7.47. The van der Waals surface area contributed by atoms with Crippen molar-refractivity contribution in [1.82, 2.24) is 4.72 Å². The highest BCUT2D eigenvalue weighted by atomic mass is 32.2. The van der Waals surface area contributed by atoms with Gasteiger partial charge >= 0.3 is 5.97 Å². The standard InChI is InChI=1S/C9H17NO5S/c1-2-8(9(11)12)10-16(13,14)7-3-5-15-6-4-7/h7-8,10H,2-6H2,1H3,(H,11,12). The number of carboxylic acids is 1. The van der Waals surface area contributed by atoms with Crippen molar-refractivity contribution in [2.24, 2.45) is 0 Å². The first-order valence-corrected chi connectivity index (χ1v) is 6.83. The zero-order chi connectivity index (χ0) is 12.2. The quantitative estimate of drug-likeness (QED) is 0.714. The number of hydrogen-bond acceptors (Lipinski definition) is 4. The van der Waals surface area contributed by atoms with Gasteiger partial charge in [-0.1, -0.05) is 6.92 Å². The smallest absolute Gasteiger partial charge is 0.321 e. The summed E-state index contributed by atoms with van der Waals surface area (Å²) in [4.78, 5) is 10.7. The van der Waals surface area contributed by atoms with Crippen LogP contribution in [0.2, 0.25) is 0 Å². The molecule has 16 heavy (non-hydrogen) atoms. The van der Waals surface area contributed by atoms with Crippen molar-refractivity contribution in [3.8, 4) is 0 Å². The fourth-order valence-corrected chi connectivity index (χ4v) is 3.26. The number of sulfonamides is 1. The summed E-state index contributed by atoms with van der Waals surface area (Å²) in [6.07, 6.45) is 1.08. The van der Waals surface area contributed by atoms with Gasteiger partial charge in [-0.3, -0.25) is 4.79 Å². The molecule has 0 radical (unpaired) electrons. The van der Waals surface area contributed by atoms with Crippen LogP contribution in [0.25, 0.3) is 0 Å². The lowest BCUT2D eigenvalue weighted by Crippen LogP contribution is -2.46. The van der Waals surface area contributed by atoms with Crippen LogP contribution in [-0.2, 0) is 19.6 Å². The van der Waals surface area contributed by atoms with Crippen LogP contribution in [0.4, 0.5) is 0 Å².